The largest absolute Gasteiger partial charge is 0.493 e. The highest BCUT2D eigenvalue weighted by molar-refractivity contribution is 6.09. The molecule has 31 heavy (non-hydrogen) atoms. The fraction of sp³-hybridized carbons (Fsp3) is 0.652. The topological polar surface area (TPSA) is 64.6 Å². The van der Waals surface area contributed by atoms with Crippen LogP contribution in [0.25, 0.3) is 0 Å². The quantitative estimate of drug-likeness (QED) is 0.269. The molecule has 1 N–H and O–H groups in total. The van der Waals surface area contributed by atoms with Gasteiger partial charge in [-0.2, -0.15) is 13.2 Å². The van der Waals surface area contributed by atoms with Crippen molar-refractivity contribution in [1.29, 1.82) is 0 Å². The van der Waals surface area contributed by atoms with Crippen LogP contribution < -0.4 is 10.1 Å². The van der Waals surface area contributed by atoms with Crippen molar-refractivity contribution in [3.8, 4) is 5.75 Å². The Kier molecular flexibility index (Phi) is 9.06. The molecule has 1 aliphatic heterocycles. The fourth-order valence-electron chi connectivity index (χ4n) is 3.47. The SMILES string of the molecule is CCCCCCCCOc1ccc(C(=O)CC(=O)C2COC(C)(C)N2)cc1C(F)(F)F. The number of rotatable bonds is 12. The van der Waals surface area contributed by atoms with Gasteiger partial charge in [-0.05, 0) is 38.5 Å². The summed E-state index contributed by atoms with van der Waals surface area (Å²) < 4.78 is 51.3. The summed E-state index contributed by atoms with van der Waals surface area (Å²) in [5, 5.41) is 2.95. The Morgan fingerprint density at radius 3 is 2.45 bits per heavy atom. The molecule has 0 radical (unpaired) electrons. The molecule has 1 fully saturated rings. The zero-order valence-corrected chi connectivity index (χ0v) is 18.4. The highest BCUT2D eigenvalue weighted by atomic mass is 19.4. The predicted octanol–water partition coefficient (Wildman–Crippen LogP) is 5.31. The standard InChI is InChI=1S/C23H32F3NO4/c1-4-5-6-7-8-9-12-30-21-11-10-16(13-17(21)23(24,25)26)19(28)14-20(29)18-15-31-22(2,3)27-18/h10-11,13,18,27H,4-9,12,14-15H2,1-3H3. The van der Waals surface area contributed by atoms with E-state index in [2.05, 4.69) is 12.2 Å². The average molecular weight is 444 g/mol. The van der Waals surface area contributed by atoms with Gasteiger partial charge in [0.2, 0.25) is 0 Å². The Balaban J connectivity index is 1.98. The summed E-state index contributed by atoms with van der Waals surface area (Å²) in [6.45, 7) is 5.93. The minimum absolute atomic E-state index is 0.123. The number of hydrogen-bond donors (Lipinski definition) is 1. The summed E-state index contributed by atoms with van der Waals surface area (Å²) in [4.78, 5) is 24.8. The van der Waals surface area contributed by atoms with Gasteiger partial charge in [0.25, 0.3) is 0 Å². The molecule has 2 rings (SSSR count). The van der Waals surface area contributed by atoms with Gasteiger partial charge in [-0.25, -0.2) is 0 Å². The number of unbranched alkanes of at least 4 members (excludes halogenated alkanes) is 5. The molecular formula is C23H32F3NO4. The summed E-state index contributed by atoms with van der Waals surface area (Å²) in [6.07, 6.45) is 0.833. The number of carbonyl (C=O) groups excluding carboxylic acids is 2. The Labute approximate surface area is 181 Å². The second-order valence-electron chi connectivity index (χ2n) is 8.41. The minimum atomic E-state index is -4.67. The second-order valence-corrected chi connectivity index (χ2v) is 8.41. The lowest BCUT2D eigenvalue weighted by molar-refractivity contribution is -0.139. The zero-order valence-electron chi connectivity index (χ0n) is 18.4. The molecule has 8 heteroatoms. The van der Waals surface area contributed by atoms with Crippen molar-refractivity contribution in [1.82, 2.24) is 5.32 Å². The maximum Gasteiger partial charge on any atom is 0.419 e. The fourth-order valence-corrected chi connectivity index (χ4v) is 3.47. The first-order valence-corrected chi connectivity index (χ1v) is 10.8. The van der Waals surface area contributed by atoms with Crippen LogP contribution in [0.1, 0.15) is 81.6 Å². The van der Waals surface area contributed by atoms with Gasteiger partial charge >= 0.3 is 6.18 Å². The van der Waals surface area contributed by atoms with Crippen molar-refractivity contribution in [2.45, 2.75) is 83.7 Å². The summed E-state index contributed by atoms with van der Waals surface area (Å²) in [7, 11) is 0. The molecule has 1 atom stereocenters. The molecule has 1 heterocycles. The van der Waals surface area contributed by atoms with E-state index in [-0.39, 0.29) is 24.5 Å². The Morgan fingerprint density at radius 1 is 1.16 bits per heavy atom. The first kappa shape index (κ1) is 25.3. The second kappa shape index (κ2) is 11.1. The van der Waals surface area contributed by atoms with Crippen LogP contribution in [-0.2, 0) is 15.7 Å². The summed E-state index contributed by atoms with van der Waals surface area (Å²) in [5.41, 5.74) is -1.84. The Hall–Kier alpha value is -1.93. The number of hydrogen-bond acceptors (Lipinski definition) is 5. The van der Waals surface area contributed by atoms with E-state index in [1.807, 2.05) is 0 Å². The summed E-state index contributed by atoms with van der Waals surface area (Å²) in [5.74, 6) is -1.37. The van der Waals surface area contributed by atoms with Crippen LogP contribution in [0.2, 0.25) is 0 Å². The third-order valence-electron chi connectivity index (χ3n) is 5.22. The molecule has 5 nitrogen and oxygen atoms in total. The summed E-state index contributed by atoms with van der Waals surface area (Å²) >= 11 is 0. The number of nitrogens with one attached hydrogen (secondary N) is 1. The normalized spacial score (nSPS) is 18.2. The molecule has 1 saturated heterocycles. The lowest BCUT2D eigenvalue weighted by atomic mass is 10.00. The van der Waals surface area contributed by atoms with E-state index >= 15 is 0 Å². The third kappa shape index (κ3) is 7.92. The highest BCUT2D eigenvalue weighted by Gasteiger charge is 2.37. The van der Waals surface area contributed by atoms with Crippen LogP contribution in [0, 0.1) is 0 Å². The Morgan fingerprint density at radius 2 is 1.84 bits per heavy atom. The first-order chi connectivity index (χ1) is 14.5. The molecule has 1 unspecified atom stereocenters. The van der Waals surface area contributed by atoms with Crippen molar-refractivity contribution < 1.29 is 32.2 Å². The zero-order chi connectivity index (χ0) is 23.1. The van der Waals surface area contributed by atoms with E-state index in [0.717, 1.165) is 44.2 Å². The Bertz CT molecular complexity index is 762. The number of ketones is 2. The van der Waals surface area contributed by atoms with E-state index in [0.29, 0.717) is 6.42 Å². The van der Waals surface area contributed by atoms with Crippen LogP contribution in [-0.4, -0.2) is 36.5 Å². The molecule has 0 bridgehead atoms. The van der Waals surface area contributed by atoms with Gasteiger partial charge in [-0.15, -0.1) is 0 Å². The van der Waals surface area contributed by atoms with Crippen LogP contribution in [0.15, 0.2) is 18.2 Å². The predicted molar refractivity (Wildman–Crippen MR) is 111 cm³/mol. The average Bonchev–Trinajstić information content (AvgIpc) is 3.06. The highest BCUT2D eigenvalue weighted by Crippen LogP contribution is 2.37. The van der Waals surface area contributed by atoms with Crippen molar-refractivity contribution in [3.05, 3.63) is 29.3 Å². The minimum Gasteiger partial charge on any atom is -0.493 e. The molecular weight excluding hydrogens is 411 g/mol. The third-order valence-corrected chi connectivity index (χ3v) is 5.22. The van der Waals surface area contributed by atoms with E-state index in [9.17, 15) is 22.8 Å². The van der Waals surface area contributed by atoms with Crippen molar-refractivity contribution >= 4 is 11.6 Å². The van der Waals surface area contributed by atoms with E-state index in [1.54, 1.807) is 13.8 Å². The lowest BCUT2D eigenvalue weighted by Gasteiger charge is -2.17. The van der Waals surface area contributed by atoms with Crippen molar-refractivity contribution in [2.75, 3.05) is 13.2 Å². The lowest BCUT2D eigenvalue weighted by Crippen LogP contribution is -2.42. The number of carbonyl (C=O) groups is 2. The number of halogens is 3. The van der Waals surface area contributed by atoms with Crippen molar-refractivity contribution in [3.63, 3.8) is 0 Å². The molecule has 0 aliphatic carbocycles. The smallest absolute Gasteiger partial charge is 0.419 e. The molecule has 1 aromatic rings. The van der Waals surface area contributed by atoms with Gasteiger partial charge in [0.1, 0.15) is 11.5 Å². The molecule has 1 aromatic carbocycles. The number of alkyl halides is 3. The van der Waals surface area contributed by atoms with Crippen LogP contribution in [0.4, 0.5) is 13.2 Å². The van der Waals surface area contributed by atoms with Gasteiger partial charge in [0, 0.05) is 5.56 Å². The molecule has 174 valence electrons. The van der Waals surface area contributed by atoms with Gasteiger partial charge in [0.15, 0.2) is 11.6 Å². The van der Waals surface area contributed by atoms with Crippen molar-refractivity contribution in [2.24, 2.45) is 0 Å². The van der Waals surface area contributed by atoms with E-state index < -0.39 is 41.5 Å². The van der Waals surface area contributed by atoms with Gasteiger partial charge < -0.3 is 9.47 Å². The molecule has 0 amide bonds. The van der Waals surface area contributed by atoms with Crippen LogP contribution in [0.3, 0.4) is 0 Å². The molecule has 0 spiro atoms. The first-order valence-electron chi connectivity index (χ1n) is 10.8. The number of benzene rings is 1. The maximum atomic E-state index is 13.5. The number of ether oxygens (including phenoxy) is 2. The van der Waals surface area contributed by atoms with E-state index in [4.69, 9.17) is 9.47 Å². The van der Waals surface area contributed by atoms with Gasteiger partial charge in [-0.3, -0.25) is 14.9 Å². The molecule has 1 aliphatic rings. The van der Waals surface area contributed by atoms with Gasteiger partial charge in [-0.1, -0.05) is 39.0 Å². The van der Waals surface area contributed by atoms with E-state index in [1.165, 1.54) is 6.07 Å². The monoisotopic (exact) mass is 443 g/mol. The van der Waals surface area contributed by atoms with Gasteiger partial charge in [0.05, 0.1) is 31.2 Å². The van der Waals surface area contributed by atoms with Crippen LogP contribution >= 0.6 is 0 Å². The maximum absolute atomic E-state index is 13.5. The molecule has 0 aromatic heterocycles. The summed E-state index contributed by atoms with van der Waals surface area (Å²) in [6, 6.07) is 2.57. The molecule has 0 saturated carbocycles. The van der Waals surface area contributed by atoms with Crippen LogP contribution in [0.5, 0.6) is 5.75 Å². The number of Topliss-reactive ketones (excluding diaryl/α,β-unsaturated/α-hetero) is 2.